The van der Waals surface area contributed by atoms with E-state index in [1.165, 1.54) is 11.3 Å². The van der Waals surface area contributed by atoms with Crippen molar-refractivity contribution in [3.63, 3.8) is 0 Å². The number of hydrogen-bond acceptors (Lipinski definition) is 4. The van der Waals surface area contributed by atoms with Crippen LogP contribution >= 0.6 is 22.9 Å². The maximum Gasteiger partial charge on any atom is 0.268 e. The third-order valence-electron chi connectivity index (χ3n) is 3.97. The summed E-state index contributed by atoms with van der Waals surface area (Å²) in [5.41, 5.74) is 2.69. The lowest BCUT2D eigenvalue weighted by molar-refractivity contribution is 0.0984. The van der Waals surface area contributed by atoms with Crippen LogP contribution in [0.15, 0.2) is 23.6 Å². The number of carbonyl (C=O) groups excluding carboxylic acids is 1. The number of hydrogen-bond donors (Lipinski definition) is 0. The third kappa shape index (κ3) is 2.96. The highest BCUT2D eigenvalue weighted by Crippen LogP contribution is 2.41. The molecule has 0 spiro atoms. The lowest BCUT2D eigenvalue weighted by Crippen LogP contribution is -2.36. The van der Waals surface area contributed by atoms with Crippen molar-refractivity contribution in [2.75, 3.05) is 25.7 Å². The van der Waals surface area contributed by atoms with E-state index in [-0.39, 0.29) is 5.91 Å². The number of anilines is 1. The van der Waals surface area contributed by atoms with Gasteiger partial charge in [-0.15, -0.1) is 11.3 Å². The first-order chi connectivity index (χ1) is 11.2. The molecule has 0 unspecified atom stereocenters. The van der Waals surface area contributed by atoms with Gasteiger partial charge in [-0.05, 0) is 42.0 Å². The average molecular weight is 352 g/mol. The van der Waals surface area contributed by atoms with Gasteiger partial charge in [-0.2, -0.15) is 0 Å². The number of fused-ring (bicyclic) bond motifs is 1. The molecule has 0 saturated carbocycles. The van der Waals surface area contributed by atoms with Crippen LogP contribution in [0.25, 0.3) is 0 Å². The first-order valence-corrected chi connectivity index (χ1v) is 8.65. The van der Waals surface area contributed by atoms with Crippen LogP contribution in [-0.4, -0.2) is 26.7 Å². The third-order valence-corrected chi connectivity index (χ3v) is 5.27. The van der Waals surface area contributed by atoms with Crippen LogP contribution in [0.5, 0.6) is 5.75 Å². The standard InChI is InChI=1S/C17H18ClNO3S/c1-21-10-11-7-9-23-16(11)17(20)19-8-3-4-12-13(18)5-6-14(22-2)15(12)19/h5-7,9H,3-4,8,10H2,1-2H3. The molecule has 0 fully saturated rings. The van der Waals surface area contributed by atoms with Crippen LogP contribution in [0.3, 0.4) is 0 Å². The van der Waals surface area contributed by atoms with E-state index in [0.717, 1.165) is 29.7 Å². The lowest BCUT2D eigenvalue weighted by Gasteiger charge is -2.31. The molecule has 23 heavy (non-hydrogen) atoms. The topological polar surface area (TPSA) is 38.8 Å². The van der Waals surface area contributed by atoms with Crippen LogP contribution in [0.1, 0.15) is 27.2 Å². The van der Waals surface area contributed by atoms with Gasteiger partial charge in [-0.1, -0.05) is 11.6 Å². The predicted molar refractivity (Wildman–Crippen MR) is 93.0 cm³/mol. The number of halogens is 1. The molecule has 0 N–H and O–H groups in total. The summed E-state index contributed by atoms with van der Waals surface area (Å²) in [5, 5.41) is 2.60. The van der Waals surface area contributed by atoms with E-state index in [4.69, 9.17) is 21.1 Å². The van der Waals surface area contributed by atoms with Crippen molar-refractivity contribution in [2.24, 2.45) is 0 Å². The van der Waals surface area contributed by atoms with Crippen LogP contribution in [0.2, 0.25) is 5.02 Å². The molecule has 122 valence electrons. The van der Waals surface area contributed by atoms with Crippen molar-refractivity contribution in [3.05, 3.63) is 44.6 Å². The summed E-state index contributed by atoms with van der Waals surface area (Å²) in [5.74, 6) is 0.663. The fourth-order valence-electron chi connectivity index (χ4n) is 2.93. The smallest absolute Gasteiger partial charge is 0.268 e. The highest BCUT2D eigenvalue weighted by Gasteiger charge is 2.30. The Morgan fingerprint density at radius 2 is 2.17 bits per heavy atom. The minimum Gasteiger partial charge on any atom is -0.495 e. The zero-order chi connectivity index (χ0) is 16.4. The Bertz CT molecular complexity index is 729. The number of benzene rings is 1. The Balaban J connectivity index is 2.04. The molecular formula is C17H18ClNO3S. The fourth-order valence-corrected chi connectivity index (χ4v) is 4.04. The summed E-state index contributed by atoms with van der Waals surface area (Å²) in [6.45, 7) is 1.09. The van der Waals surface area contributed by atoms with Gasteiger partial charge in [-0.25, -0.2) is 0 Å². The molecule has 0 radical (unpaired) electrons. The SMILES string of the molecule is COCc1ccsc1C(=O)N1CCCc2c(Cl)ccc(OC)c21. The second kappa shape index (κ2) is 6.91. The van der Waals surface area contributed by atoms with Gasteiger partial charge in [0.25, 0.3) is 5.91 Å². The van der Waals surface area contributed by atoms with Gasteiger partial charge in [0.05, 0.1) is 24.3 Å². The molecule has 1 aromatic carbocycles. The van der Waals surface area contributed by atoms with Gasteiger partial charge in [0.2, 0.25) is 0 Å². The van der Waals surface area contributed by atoms with Crippen molar-refractivity contribution < 1.29 is 14.3 Å². The molecule has 0 bridgehead atoms. The number of nitrogens with zero attached hydrogens (tertiary/aromatic N) is 1. The van der Waals surface area contributed by atoms with Gasteiger partial charge in [0.1, 0.15) is 5.75 Å². The van der Waals surface area contributed by atoms with Crippen LogP contribution in [0, 0.1) is 0 Å². The molecule has 3 rings (SSSR count). The Labute approximate surface area is 144 Å². The number of rotatable bonds is 4. The van der Waals surface area contributed by atoms with Gasteiger partial charge in [0, 0.05) is 24.2 Å². The molecule has 0 atom stereocenters. The number of amides is 1. The van der Waals surface area contributed by atoms with E-state index in [0.29, 0.717) is 28.8 Å². The van der Waals surface area contributed by atoms with E-state index in [2.05, 4.69) is 0 Å². The van der Waals surface area contributed by atoms with Gasteiger partial charge in [0.15, 0.2) is 0 Å². The predicted octanol–water partition coefficient (Wildman–Crippen LogP) is 4.15. The molecule has 1 aromatic heterocycles. The maximum atomic E-state index is 13.1. The minimum atomic E-state index is -0.0198. The molecule has 6 heteroatoms. The number of methoxy groups -OCH3 is 2. The van der Waals surface area contributed by atoms with Gasteiger partial charge < -0.3 is 14.4 Å². The normalized spacial score (nSPS) is 13.8. The van der Waals surface area contributed by atoms with Crippen LogP contribution < -0.4 is 9.64 Å². The van der Waals surface area contributed by atoms with Crippen molar-refractivity contribution in [3.8, 4) is 5.75 Å². The molecular weight excluding hydrogens is 334 g/mol. The van der Waals surface area contributed by atoms with Crippen molar-refractivity contribution in [2.45, 2.75) is 19.4 Å². The molecule has 0 saturated heterocycles. The fraction of sp³-hybridized carbons (Fsp3) is 0.353. The maximum absolute atomic E-state index is 13.1. The highest BCUT2D eigenvalue weighted by atomic mass is 35.5. The Kier molecular flexibility index (Phi) is 4.90. The Hall–Kier alpha value is -1.56. The van der Waals surface area contributed by atoms with Crippen molar-refractivity contribution in [1.82, 2.24) is 0 Å². The van der Waals surface area contributed by atoms with E-state index in [9.17, 15) is 4.79 Å². The van der Waals surface area contributed by atoms with Crippen molar-refractivity contribution in [1.29, 1.82) is 0 Å². The number of thiophene rings is 1. The monoisotopic (exact) mass is 351 g/mol. The highest BCUT2D eigenvalue weighted by molar-refractivity contribution is 7.12. The second-order valence-corrected chi connectivity index (χ2v) is 6.67. The Morgan fingerprint density at radius 3 is 2.91 bits per heavy atom. The molecule has 2 heterocycles. The lowest BCUT2D eigenvalue weighted by atomic mass is 10.00. The zero-order valence-corrected chi connectivity index (χ0v) is 14.7. The molecule has 1 aliphatic heterocycles. The zero-order valence-electron chi connectivity index (χ0n) is 13.1. The Morgan fingerprint density at radius 1 is 1.35 bits per heavy atom. The second-order valence-electron chi connectivity index (χ2n) is 5.35. The quantitative estimate of drug-likeness (QED) is 0.830. The summed E-state index contributed by atoms with van der Waals surface area (Å²) >= 11 is 7.77. The summed E-state index contributed by atoms with van der Waals surface area (Å²) in [4.78, 5) is 15.6. The molecule has 4 nitrogen and oxygen atoms in total. The molecule has 2 aromatic rings. The van der Waals surface area contributed by atoms with E-state index in [1.54, 1.807) is 19.1 Å². The first kappa shape index (κ1) is 16.3. The van der Waals surface area contributed by atoms with E-state index >= 15 is 0 Å². The van der Waals surface area contributed by atoms with Crippen molar-refractivity contribution >= 4 is 34.5 Å². The number of carbonyl (C=O) groups is 1. The minimum absolute atomic E-state index is 0.0198. The van der Waals surface area contributed by atoms with E-state index < -0.39 is 0 Å². The van der Waals surface area contributed by atoms with Gasteiger partial charge >= 0.3 is 0 Å². The molecule has 1 aliphatic rings. The molecule has 1 amide bonds. The average Bonchev–Trinajstić information content (AvgIpc) is 3.03. The van der Waals surface area contributed by atoms with Crippen LogP contribution in [0.4, 0.5) is 5.69 Å². The summed E-state index contributed by atoms with van der Waals surface area (Å²) in [6, 6.07) is 5.58. The van der Waals surface area contributed by atoms with Crippen LogP contribution in [-0.2, 0) is 17.8 Å². The first-order valence-electron chi connectivity index (χ1n) is 7.40. The summed E-state index contributed by atoms with van der Waals surface area (Å²) in [6.07, 6.45) is 1.74. The van der Waals surface area contributed by atoms with Gasteiger partial charge in [-0.3, -0.25) is 4.79 Å². The molecule has 0 aliphatic carbocycles. The summed E-state index contributed by atoms with van der Waals surface area (Å²) < 4.78 is 10.7. The largest absolute Gasteiger partial charge is 0.495 e. The summed E-state index contributed by atoms with van der Waals surface area (Å²) in [7, 11) is 3.24. The number of ether oxygens (including phenoxy) is 2. The van der Waals surface area contributed by atoms with E-state index in [1.807, 2.05) is 23.6 Å².